The summed E-state index contributed by atoms with van der Waals surface area (Å²) in [5.74, 6) is 0.289. The molecule has 0 unspecified atom stereocenters. The summed E-state index contributed by atoms with van der Waals surface area (Å²) in [6, 6.07) is 3.40. The number of nitrogens with one attached hydrogen (secondary N) is 2. The second kappa shape index (κ2) is 8.90. The molecule has 0 spiro atoms. The van der Waals surface area contributed by atoms with Crippen molar-refractivity contribution in [2.24, 2.45) is 0 Å². The van der Waals surface area contributed by atoms with Crippen LogP contribution in [0.3, 0.4) is 0 Å². The number of fused-ring (bicyclic) bond motifs is 1. The molecule has 1 aliphatic rings. The van der Waals surface area contributed by atoms with Gasteiger partial charge in [0.05, 0.1) is 23.0 Å². The number of hydrogen-bond acceptors (Lipinski definition) is 6. The van der Waals surface area contributed by atoms with Gasteiger partial charge in [-0.2, -0.15) is 4.98 Å². The third-order valence-corrected chi connectivity index (χ3v) is 5.78. The maximum atomic E-state index is 12.7. The zero-order chi connectivity index (χ0) is 22.2. The standard InChI is InChI=1S/C18H17B3Cl2N6O2/c19-11-5-10(6-12(22)13(11)23)7-24-17-26-15-14(16(30)27-17)29(9-25-15)2-1-28-3-4-31-18(20,21)8-28/h5-6,9H,1-4,7-8H2,(H2,24,26,27,30). The minimum Gasteiger partial charge on any atom is -0.392 e. The highest BCUT2D eigenvalue weighted by Crippen LogP contribution is 2.21. The van der Waals surface area contributed by atoms with Gasteiger partial charge in [-0.3, -0.25) is 14.7 Å². The van der Waals surface area contributed by atoms with E-state index in [-0.39, 0.29) is 11.5 Å². The highest BCUT2D eigenvalue weighted by molar-refractivity contribution is 6.50. The third kappa shape index (κ3) is 5.11. The fourth-order valence-corrected chi connectivity index (χ4v) is 3.83. The summed E-state index contributed by atoms with van der Waals surface area (Å²) < 4.78 is 7.07. The van der Waals surface area contributed by atoms with E-state index in [1.807, 2.05) is 0 Å². The van der Waals surface area contributed by atoms with Gasteiger partial charge in [0.25, 0.3) is 5.56 Å². The van der Waals surface area contributed by atoms with Gasteiger partial charge in [0.15, 0.2) is 11.2 Å². The topological polar surface area (TPSA) is 88.1 Å². The lowest BCUT2D eigenvalue weighted by Crippen LogP contribution is -2.53. The average Bonchev–Trinajstić information content (AvgIpc) is 3.11. The SMILES string of the molecule is [B]c1cc(CNc2nc3ncn(CCN4CCOC([B])([B])C4)c3c(=O)[nH]2)cc(Cl)c1Cl. The molecule has 2 aromatic heterocycles. The van der Waals surface area contributed by atoms with E-state index in [1.165, 1.54) is 0 Å². The molecule has 154 valence electrons. The lowest BCUT2D eigenvalue weighted by molar-refractivity contribution is -0.0115. The van der Waals surface area contributed by atoms with Crippen LogP contribution in [-0.4, -0.2) is 79.6 Å². The maximum absolute atomic E-state index is 12.7. The van der Waals surface area contributed by atoms with Crippen LogP contribution in [0.1, 0.15) is 5.56 Å². The molecule has 6 radical (unpaired) electrons. The highest BCUT2D eigenvalue weighted by atomic mass is 35.5. The molecule has 1 aromatic carbocycles. The summed E-state index contributed by atoms with van der Waals surface area (Å²) >= 11 is 12.0. The van der Waals surface area contributed by atoms with Crippen LogP contribution in [0.4, 0.5) is 5.95 Å². The van der Waals surface area contributed by atoms with Crippen molar-refractivity contribution in [1.29, 1.82) is 0 Å². The van der Waals surface area contributed by atoms with E-state index in [0.29, 0.717) is 66.0 Å². The summed E-state index contributed by atoms with van der Waals surface area (Å²) in [6.45, 7) is 3.09. The summed E-state index contributed by atoms with van der Waals surface area (Å²) in [6.07, 6.45) is 1.59. The predicted octanol–water partition coefficient (Wildman–Crippen LogP) is 0.155. The van der Waals surface area contributed by atoms with Crippen molar-refractivity contribution >= 4 is 69.3 Å². The Morgan fingerprint density at radius 2 is 2.10 bits per heavy atom. The Morgan fingerprint density at radius 1 is 1.29 bits per heavy atom. The fraction of sp³-hybridized carbons (Fsp3) is 0.389. The Balaban J connectivity index is 1.46. The number of aromatic amines is 1. The Labute approximate surface area is 192 Å². The molecule has 0 saturated carbocycles. The van der Waals surface area contributed by atoms with Crippen LogP contribution < -0.4 is 16.3 Å². The van der Waals surface area contributed by atoms with Crippen molar-refractivity contribution < 1.29 is 4.74 Å². The highest BCUT2D eigenvalue weighted by Gasteiger charge is 2.26. The largest absolute Gasteiger partial charge is 0.392 e. The van der Waals surface area contributed by atoms with Gasteiger partial charge < -0.3 is 14.6 Å². The predicted molar refractivity (Wildman–Crippen MR) is 124 cm³/mol. The molecule has 0 aliphatic carbocycles. The normalized spacial score (nSPS) is 16.6. The van der Waals surface area contributed by atoms with Crippen LogP contribution in [0.15, 0.2) is 23.3 Å². The number of ether oxygens (including phenoxy) is 1. The summed E-state index contributed by atoms with van der Waals surface area (Å²) in [5.41, 5.74) is 1.61. The molecule has 0 amide bonds. The van der Waals surface area contributed by atoms with Crippen molar-refractivity contribution in [3.05, 3.63) is 44.4 Å². The van der Waals surface area contributed by atoms with Crippen molar-refractivity contribution in [2.45, 2.75) is 18.5 Å². The molecule has 1 fully saturated rings. The first-order chi connectivity index (χ1) is 14.7. The first-order valence-corrected chi connectivity index (χ1v) is 10.3. The molecule has 3 heterocycles. The van der Waals surface area contributed by atoms with Gasteiger partial charge in [-0.25, -0.2) is 4.98 Å². The van der Waals surface area contributed by atoms with Crippen LogP contribution in [0.5, 0.6) is 0 Å². The van der Waals surface area contributed by atoms with Gasteiger partial charge in [0, 0.05) is 38.1 Å². The molecular formula is C18H17B3Cl2N6O2. The van der Waals surface area contributed by atoms with Crippen molar-refractivity contribution in [3.8, 4) is 0 Å². The summed E-state index contributed by atoms with van der Waals surface area (Å²) in [7, 11) is 17.5. The molecule has 0 bridgehead atoms. The van der Waals surface area contributed by atoms with E-state index in [9.17, 15) is 4.79 Å². The quantitative estimate of drug-likeness (QED) is 0.518. The Bertz CT molecular complexity index is 1150. The van der Waals surface area contributed by atoms with Gasteiger partial charge in [0.1, 0.15) is 23.5 Å². The molecule has 13 heteroatoms. The number of halogens is 2. The first-order valence-electron chi connectivity index (χ1n) is 9.58. The lowest BCUT2D eigenvalue weighted by atomic mass is 9.64. The molecule has 3 aromatic rings. The Hall–Kier alpha value is -1.94. The number of aromatic nitrogens is 4. The summed E-state index contributed by atoms with van der Waals surface area (Å²) in [5, 5.41) is 2.55. The van der Waals surface area contributed by atoms with E-state index < -0.39 is 5.40 Å². The number of rotatable bonds is 6. The monoisotopic (exact) mass is 452 g/mol. The fourth-order valence-electron chi connectivity index (χ4n) is 3.47. The van der Waals surface area contributed by atoms with Gasteiger partial charge >= 0.3 is 0 Å². The first kappa shape index (κ1) is 22.3. The average molecular weight is 453 g/mol. The van der Waals surface area contributed by atoms with E-state index in [0.717, 1.165) is 5.56 Å². The number of H-pyrrole nitrogens is 1. The van der Waals surface area contributed by atoms with Crippen LogP contribution in [0.2, 0.25) is 10.0 Å². The van der Waals surface area contributed by atoms with Gasteiger partial charge in [0.2, 0.25) is 5.95 Å². The Kier molecular flexibility index (Phi) is 6.39. The van der Waals surface area contributed by atoms with Crippen molar-refractivity contribution in [3.63, 3.8) is 0 Å². The van der Waals surface area contributed by atoms with E-state index >= 15 is 0 Å². The zero-order valence-corrected chi connectivity index (χ0v) is 18.1. The van der Waals surface area contributed by atoms with E-state index in [4.69, 9.17) is 51.5 Å². The maximum Gasteiger partial charge on any atom is 0.278 e. The second-order valence-electron chi connectivity index (χ2n) is 7.44. The number of nitrogens with zero attached hydrogens (tertiary/aromatic N) is 4. The second-order valence-corrected chi connectivity index (χ2v) is 8.22. The molecular weight excluding hydrogens is 436 g/mol. The van der Waals surface area contributed by atoms with Crippen LogP contribution in [0.25, 0.3) is 11.2 Å². The third-order valence-electron chi connectivity index (χ3n) is 4.97. The molecule has 31 heavy (non-hydrogen) atoms. The zero-order valence-electron chi connectivity index (χ0n) is 16.6. The molecule has 0 atom stereocenters. The van der Waals surface area contributed by atoms with Crippen LogP contribution >= 0.6 is 23.2 Å². The Morgan fingerprint density at radius 3 is 2.84 bits per heavy atom. The minimum absolute atomic E-state index is 0.289. The number of hydrogen-bond donors (Lipinski definition) is 2. The molecule has 1 saturated heterocycles. The molecule has 1 aliphatic heterocycles. The van der Waals surface area contributed by atoms with Gasteiger partial charge in [-0.05, 0) is 11.6 Å². The number of imidazole rings is 1. The van der Waals surface area contributed by atoms with Crippen LogP contribution in [0, 0.1) is 0 Å². The van der Waals surface area contributed by atoms with Gasteiger partial charge in [-0.15, -0.1) is 0 Å². The molecule has 8 nitrogen and oxygen atoms in total. The number of anilines is 1. The van der Waals surface area contributed by atoms with Gasteiger partial charge in [-0.1, -0.05) is 34.7 Å². The number of morpholine rings is 1. The number of benzene rings is 1. The molecule has 2 N–H and O–H groups in total. The lowest BCUT2D eigenvalue weighted by Gasteiger charge is -2.39. The molecule has 4 rings (SSSR count). The minimum atomic E-state index is -1.16. The van der Waals surface area contributed by atoms with E-state index in [1.54, 1.807) is 23.0 Å². The van der Waals surface area contributed by atoms with E-state index in [2.05, 4.69) is 25.2 Å². The van der Waals surface area contributed by atoms with Crippen LogP contribution in [-0.2, 0) is 17.8 Å². The van der Waals surface area contributed by atoms with Crippen molar-refractivity contribution in [2.75, 3.05) is 31.6 Å². The summed E-state index contributed by atoms with van der Waals surface area (Å²) in [4.78, 5) is 26.1. The van der Waals surface area contributed by atoms with Crippen molar-refractivity contribution in [1.82, 2.24) is 24.4 Å². The smallest absolute Gasteiger partial charge is 0.278 e.